The molecule has 18 heavy (non-hydrogen) atoms. The molecule has 90 valence electrons. The Kier molecular flexibility index (Phi) is 4.94. The number of halogens is 3. The van der Waals surface area contributed by atoms with Crippen LogP contribution in [0.4, 0.5) is 0 Å². The van der Waals surface area contributed by atoms with Crippen molar-refractivity contribution in [2.24, 2.45) is 0 Å². The Morgan fingerprint density at radius 1 is 1.00 bits per heavy atom. The zero-order valence-corrected chi connectivity index (χ0v) is 14.3. The van der Waals surface area contributed by atoms with Crippen LogP contribution in [0.5, 0.6) is 0 Å². The van der Waals surface area contributed by atoms with Gasteiger partial charge in [-0.25, -0.2) is 0 Å². The van der Waals surface area contributed by atoms with Crippen molar-refractivity contribution < 1.29 is 0 Å². The molecule has 0 amide bonds. The fraction of sp³-hybridized carbons (Fsp3) is 0. The molecular weight excluding hydrogens is 447 g/mol. The van der Waals surface area contributed by atoms with E-state index < -0.39 is 0 Å². The molecule has 2 rings (SSSR count). The second-order valence-electron chi connectivity index (χ2n) is 3.46. The number of nitriles is 1. The standard InChI is InChI=1S/C13H6Cl2INSe/c14-8-1-3-10(12(16)5-8)11-4-2-9(15)6-13(11)18-7-17/h1-6H. The minimum absolute atomic E-state index is 0.233. The van der Waals surface area contributed by atoms with E-state index in [9.17, 15) is 0 Å². The summed E-state index contributed by atoms with van der Waals surface area (Å²) < 4.78 is 2.06. The summed E-state index contributed by atoms with van der Waals surface area (Å²) in [5.41, 5.74) is 2.14. The van der Waals surface area contributed by atoms with Crippen LogP contribution >= 0.6 is 45.8 Å². The summed E-state index contributed by atoms with van der Waals surface area (Å²) >= 11 is 14.0. The third-order valence-electron chi connectivity index (χ3n) is 2.32. The van der Waals surface area contributed by atoms with Gasteiger partial charge in [0.15, 0.2) is 0 Å². The molecule has 0 aromatic heterocycles. The number of rotatable bonds is 2. The first-order valence-electron chi connectivity index (χ1n) is 4.92. The summed E-state index contributed by atoms with van der Waals surface area (Å²) in [7, 11) is 0. The Labute approximate surface area is 135 Å². The molecule has 0 heterocycles. The van der Waals surface area contributed by atoms with E-state index in [0.29, 0.717) is 10.0 Å². The molecule has 0 saturated heterocycles. The van der Waals surface area contributed by atoms with Crippen LogP contribution in [0.3, 0.4) is 0 Å². The van der Waals surface area contributed by atoms with E-state index in [2.05, 4.69) is 27.6 Å². The predicted octanol–water partition coefficient (Wildman–Crippen LogP) is 4.08. The van der Waals surface area contributed by atoms with Crippen LogP contribution in [-0.4, -0.2) is 15.0 Å². The third-order valence-corrected chi connectivity index (χ3v) is 5.04. The van der Waals surface area contributed by atoms with Crippen molar-refractivity contribution in [3.8, 4) is 16.1 Å². The van der Waals surface area contributed by atoms with Crippen molar-refractivity contribution in [2.45, 2.75) is 0 Å². The predicted molar refractivity (Wildman–Crippen MR) is 85.6 cm³/mol. The number of benzene rings is 2. The normalized spacial score (nSPS) is 10.1. The topological polar surface area (TPSA) is 23.8 Å². The first kappa shape index (κ1) is 14.2. The van der Waals surface area contributed by atoms with Crippen molar-refractivity contribution in [3.05, 3.63) is 50.0 Å². The Hall–Kier alpha value is -0.241. The quantitative estimate of drug-likeness (QED) is 0.497. The second kappa shape index (κ2) is 6.27. The van der Waals surface area contributed by atoms with Gasteiger partial charge >= 0.3 is 137 Å². The molecule has 0 N–H and O–H groups in total. The van der Waals surface area contributed by atoms with Crippen LogP contribution in [-0.2, 0) is 0 Å². The van der Waals surface area contributed by atoms with E-state index in [1.165, 1.54) is 0 Å². The third kappa shape index (κ3) is 3.20. The number of hydrogen-bond acceptors (Lipinski definition) is 1. The maximum absolute atomic E-state index is 8.91. The molecule has 0 aliphatic carbocycles. The summed E-state index contributed by atoms with van der Waals surface area (Å²) in [6, 6.07) is 11.4. The Bertz CT molecular complexity index is 637. The van der Waals surface area contributed by atoms with Crippen molar-refractivity contribution in [2.75, 3.05) is 0 Å². The average Bonchev–Trinajstić information content (AvgIpc) is 2.31. The van der Waals surface area contributed by atoms with Crippen LogP contribution in [0.25, 0.3) is 11.1 Å². The molecule has 2 aromatic carbocycles. The summed E-state index contributed by atoms with van der Waals surface area (Å²) in [4.78, 5) is 2.23. The molecule has 0 radical (unpaired) electrons. The summed E-state index contributed by atoms with van der Waals surface area (Å²) in [5.74, 6) is 0. The van der Waals surface area contributed by atoms with Gasteiger partial charge in [0.25, 0.3) is 0 Å². The molecule has 0 saturated carbocycles. The number of nitrogens with zero attached hydrogens (tertiary/aromatic N) is 1. The Morgan fingerprint density at radius 3 is 2.22 bits per heavy atom. The molecule has 0 aliphatic heterocycles. The van der Waals surface area contributed by atoms with Crippen LogP contribution in [0, 0.1) is 13.8 Å². The van der Waals surface area contributed by atoms with Gasteiger partial charge in [-0.05, 0) is 0 Å². The van der Waals surface area contributed by atoms with Gasteiger partial charge in [-0.2, -0.15) is 0 Å². The van der Waals surface area contributed by atoms with Gasteiger partial charge in [-0.3, -0.25) is 0 Å². The van der Waals surface area contributed by atoms with Crippen LogP contribution in [0.1, 0.15) is 0 Å². The van der Waals surface area contributed by atoms with Gasteiger partial charge in [-0.1, -0.05) is 0 Å². The summed E-state index contributed by atoms with van der Waals surface area (Å²) in [6.45, 7) is 0. The molecule has 0 bridgehead atoms. The Balaban J connectivity index is 2.60. The van der Waals surface area contributed by atoms with Crippen molar-refractivity contribution in [1.29, 1.82) is 5.26 Å². The maximum atomic E-state index is 8.91. The molecule has 2 aromatic rings. The van der Waals surface area contributed by atoms with Gasteiger partial charge in [0.2, 0.25) is 0 Å². The summed E-state index contributed by atoms with van der Waals surface area (Å²) in [5, 5.41) is 10.3. The van der Waals surface area contributed by atoms with Gasteiger partial charge in [0.1, 0.15) is 0 Å². The van der Waals surface area contributed by atoms with Crippen molar-refractivity contribution >= 4 is 65.2 Å². The van der Waals surface area contributed by atoms with Gasteiger partial charge in [0, 0.05) is 0 Å². The fourth-order valence-corrected chi connectivity index (χ4v) is 4.24. The Morgan fingerprint density at radius 2 is 1.61 bits per heavy atom. The molecule has 1 nitrogen and oxygen atoms in total. The van der Waals surface area contributed by atoms with Crippen molar-refractivity contribution in [3.63, 3.8) is 0 Å². The zero-order chi connectivity index (χ0) is 13.1. The van der Waals surface area contributed by atoms with Crippen LogP contribution in [0.15, 0.2) is 36.4 Å². The van der Waals surface area contributed by atoms with E-state index in [0.717, 1.165) is 19.2 Å². The van der Waals surface area contributed by atoms with E-state index in [1.54, 1.807) is 0 Å². The molecule has 0 spiro atoms. The SMILES string of the molecule is N#C[Se]c1cc(Cl)ccc1-c1ccc(Cl)cc1I. The number of hydrogen-bond donors (Lipinski definition) is 0. The first-order valence-corrected chi connectivity index (χ1v) is 8.47. The molecular formula is C13H6Cl2INSe. The van der Waals surface area contributed by atoms with Gasteiger partial charge in [0.05, 0.1) is 0 Å². The van der Waals surface area contributed by atoms with Gasteiger partial charge < -0.3 is 0 Å². The molecule has 0 atom stereocenters. The fourth-order valence-electron chi connectivity index (χ4n) is 1.56. The molecule has 5 heteroatoms. The average molecular weight is 453 g/mol. The van der Waals surface area contributed by atoms with E-state index in [-0.39, 0.29) is 15.0 Å². The monoisotopic (exact) mass is 453 g/mol. The molecule has 0 fully saturated rings. The van der Waals surface area contributed by atoms with E-state index in [4.69, 9.17) is 28.5 Å². The summed E-state index contributed by atoms with van der Waals surface area (Å²) in [6.07, 6.45) is 0. The van der Waals surface area contributed by atoms with E-state index >= 15 is 0 Å². The van der Waals surface area contributed by atoms with Crippen LogP contribution < -0.4 is 4.46 Å². The second-order valence-corrected chi connectivity index (χ2v) is 7.23. The molecule has 0 aliphatic rings. The van der Waals surface area contributed by atoms with E-state index in [1.807, 2.05) is 36.4 Å². The van der Waals surface area contributed by atoms with Crippen LogP contribution in [0.2, 0.25) is 10.0 Å². The van der Waals surface area contributed by atoms with Gasteiger partial charge in [-0.15, -0.1) is 0 Å². The zero-order valence-electron chi connectivity index (χ0n) is 8.95. The van der Waals surface area contributed by atoms with Crippen molar-refractivity contribution in [1.82, 2.24) is 0 Å². The first-order chi connectivity index (χ1) is 8.61. The molecule has 0 unspecified atom stereocenters. The minimum atomic E-state index is -0.233.